The molecule has 0 amide bonds. The first-order valence-electron chi connectivity index (χ1n) is 9.85. The molecular weight excluding hydrogens is 453 g/mol. The van der Waals surface area contributed by atoms with Gasteiger partial charge in [-0.2, -0.15) is 0 Å². The molecule has 1 aliphatic rings. The van der Waals surface area contributed by atoms with Crippen LogP contribution in [0.4, 0.5) is 0 Å². The van der Waals surface area contributed by atoms with Gasteiger partial charge in [-0.25, -0.2) is 0 Å². The lowest BCUT2D eigenvalue weighted by Crippen LogP contribution is -2.48. The van der Waals surface area contributed by atoms with E-state index < -0.39 is 0 Å². The van der Waals surface area contributed by atoms with Crippen LogP contribution in [0.3, 0.4) is 0 Å². The summed E-state index contributed by atoms with van der Waals surface area (Å²) in [6.07, 6.45) is 4.75. The zero-order valence-corrected chi connectivity index (χ0v) is 19.5. The van der Waals surface area contributed by atoms with Crippen LogP contribution >= 0.6 is 24.0 Å². The summed E-state index contributed by atoms with van der Waals surface area (Å²) in [5.74, 6) is 1.47. The van der Waals surface area contributed by atoms with E-state index in [0.717, 1.165) is 58.3 Å². The van der Waals surface area contributed by atoms with E-state index in [9.17, 15) is 0 Å². The third-order valence-corrected chi connectivity index (χ3v) is 4.89. The van der Waals surface area contributed by atoms with E-state index in [1.165, 1.54) is 11.1 Å². The number of halogens is 1. The van der Waals surface area contributed by atoms with Crippen molar-refractivity contribution in [3.8, 4) is 0 Å². The second kappa shape index (κ2) is 13.3. The standard InChI is InChI=1S/C20H35N5O.HI/c1-5-22-20(23-9-7-18-6-8-21-14-17(18)4)24-15-19(16(2)3)25-10-12-26-13-11-25;/h6,8,14,16,19H,5,7,9-13,15H2,1-4H3,(H2,22,23,24);1H. The fourth-order valence-electron chi connectivity index (χ4n) is 3.28. The molecule has 1 atom stereocenters. The van der Waals surface area contributed by atoms with E-state index in [4.69, 9.17) is 9.73 Å². The fraction of sp³-hybridized carbons (Fsp3) is 0.700. The molecule has 2 rings (SSSR count). The quantitative estimate of drug-likeness (QED) is 0.334. The Morgan fingerprint density at radius 3 is 2.67 bits per heavy atom. The van der Waals surface area contributed by atoms with Gasteiger partial charge in [0.2, 0.25) is 0 Å². The molecule has 2 heterocycles. The van der Waals surface area contributed by atoms with Crippen molar-refractivity contribution in [1.82, 2.24) is 20.5 Å². The number of hydrogen-bond donors (Lipinski definition) is 2. The monoisotopic (exact) mass is 489 g/mol. The molecule has 1 saturated heterocycles. The zero-order chi connectivity index (χ0) is 18.8. The van der Waals surface area contributed by atoms with Crippen LogP contribution < -0.4 is 10.6 Å². The third-order valence-electron chi connectivity index (χ3n) is 4.89. The van der Waals surface area contributed by atoms with Crippen molar-refractivity contribution in [3.63, 3.8) is 0 Å². The molecule has 0 radical (unpaired) electrons. The molecule has 1 aliphatic heterocycles. The number of nitrogens with one attached hydrogen (secondary N) is 2. The maximum atomic E-state index is 5.49. The van der Waals surface area contributed by atoms with Crippen LogP contribution in [0, 0.1) is 12.8 Å². The first-order chi connectivity index (χ1) is 12.6. The molecule has 1 unspecified atom stereocenters. The first-order valence-corrected chi connectivity index (χ1v) is 9.85. The summed E-state index contributed by atoms with van der Waals surface area (Å²) in [6, 6.07) is 2.55. The van der Waals surface area contributed by atoms with Crippen molar-refractivity contribution >= 4 is 29.9 Å². The molecule has 27 heavy (non-hydrogen) atoms. The lowest BCUT2D eigenvalue weighted by atomic mass is 10.0. The number of hydrogen-bond acceptors (Lipinski definition) is 4. The highest BCUT2D eigenvalue weighted by Gasteiger charge is 2.23. The van der Waals surface area contributed by atoms with E-state index >= 15 is 0 Å². The Labute approximate surface area is 181 Å². The van der Waals surface area contributed by atoms with Crippen molar-refractivity contribution in [2.24, 2.45) is 10.9 Å². The second-order valence-electron chi connectivity index (χ2n) is 7.16. The van der Waals surface area contributed by atoms with Crippen LogP contribution in [0.5, 0.6) is 0 Å². The Hall–Kier alpha value is -0.930. The molecule has 2 N–H and O–H groups in total. The Bertz CT molecular complexity index is 561. The van der Waals surface area contributed by atoms with Gasteiger partial charge in [0.15, 0.2) is 5.96 Å². The summed E-state index contributed by atoms with van der Waals surface area (Å²) in [5.41, 5.74) is 2.57. The summed E-state index contributed by atoms with van der Waals surface area (Å²) in [5, 5.41) is 6.83. The topological polar surface area (TPSA) is 61.8 Å². The fourth-order valence-corrected chi connectivity index (χ4v) is 3.28. The maximum absolute atomic E-state index is 5.49. The van der Waals surface area contributed by atoms with Gasteiger partial charge in [-0.15, -0.1) is 24.0 Å². The molecule has 1 aromatic heterocycles. The summed E-state index contributed by atoms with van der Waals surface area (Å²) in [4.78, 5) is 11.5. The normalized spacial score (nSPS) is 16.7. The Balaban J connectivity index is 0.00000364. The van der Waals surface area contributed by atoms with Crippen LogP contribution in [-0.2, 0) is 11.2 Å². The van der Waals surface area contributed by atoms with Crippen molar-refractivity contribution in [1.29, 1.82) is 0 Å². The molecule has 0 aliphatic carbocycles. The summed E-state index contributed by atoms with van der Waals surface area (Å²) >= 11 is 0. The van der Waals surface area contributed by atoms with E-state index in [0.29, 0.717) is 12.0 Å². The van der Waals surface area contributed by atoms with Crippen molar-refractivity contribution in [3.05, 3.63) is 29.6 Å². The number of morpholine rings is 1. The van der Waals surface area contributed by atoms with Gasteiger partial charge in [0, 0.05) is 44.6 Å². The van der Waals surface area contributed by atoms with Gasteiger partial charge in [-0.05, 0) is 43.4 Å². The number of nitrogens with zero attached hydrogens (tertiary/aromatic N) is 3. The summed E-state index contributed by atoms with van der Waals surface area (Å²) in [7, 11) is 0. The van der Waals surface area contributed by atoms with Crippen LogP contribution in [0.1, 0.15) is 31.9 Å². The molecule has 7 heteroatoms. The lowest BCUT2D eigenvalue weighted by molar-refractivity contribution is 0.00867. The predicted octanol–water partition coefficient (Wildman–Crippen LogP) is 2.46. The highest BCUT2D eigenvalue weighted by molar-refractivity contribution is 14.0. The van der Waals surface area contributed by atoms with E-state index in [1.54, 1.807) is 0 Å². The highest BCUT2D eigenvalue weighted by atomic mass is 127. The summed E-state index contributed by atoms with van der Waals surface area (Å²) < 4.78 is 5.49. The smallest absolute Gasteiger partial charge is 0.191 e. The van der Waals surface area contributed by atoms with Crippen molar-refractivity contribution in [2.75, 3.05) is 45.9 Å². The molecular formula is C20H36IN5O. The van der Waals surface area contributed by atoms with Crippen molar-refractivity contribution < 1.29 is 4.74 Å². The second-order valence-corrected chi connectivity index (χ2v) is 7.16. The molecule has 154 valence electrons. The average Bonchev–Trinajstić information content (AvgIpc) is 2.64. The van der Waals surface area contributed by atoms with Crippen LogP contribution in [-0.4, -0.2) is 67.8 Å². The van der Waals surface area contributed by atoms with Crippen LogP contribution in [0.2, 0.25) is 0 Å². The molecule has 1 aromatic rings. The minimum atomic E-state index is 0. The minimum Gasteiger partial charge on any atom is -0.379 e. The maximum Gasteiger partial charge on any atom is 0.191 e. The SMILES string of the molecule is CCNC(=NCC(C(C)C)N1CCOCC1)NCCc1ccncc1C.I. The number of aryl methyl sites for hydroxylation is 1. The molecule has 1 fully saturated rings. The van der Waals surface area contributed by atoms with Gasteiger partial charge in [0.05, 0.1) is 19.8 Å². The van der Waals surface area contributed by atoms with E-state index in [-0.39, 0.29) is 24.0 Å². The number of aliphatic imine (C=N–C) groups is 1. The van der Waals surface area contributed by atoms with Crippen LogP contribution in [0.15, 0.2) is 23.5 Å². The van der Waals surface area contributed by atoms with Crippen LogP contribution in [0.25, 0.3) is 0 Å². The first kappa shape index (κ1) is 24.1. The van der Waals surface area contributed by atoms with Gasteiger partial charge in [0.1, 0.15) is 0 Å². The number of pyridine rings is 1. The third kappa shape index (κ3) is 8.31. The highest BCUT2D eigenvalue weighted by Crippen LogP contribution is 2.13. The van der Waals surface area contributed by atoms with Gasteiger partial charge in [-0.1, -0.05) is 13.8 Å². The molecule has 0 aromatic carbocycles. The average molecular weight is 489 g/mol. The molecule has 0 saturated carbocycles. The number of aromatic nitrogens is 1. The Kier molecular flexibility index (Phi) is 11.9. The Morgan fingerprint density at radius 2 is 2.04 bits per heavy atom. The lowest BCUT2D eigenvalue weighted by Gasteiger charge is -2.36. The van der Waals surface area contributed by atoms with E-state index in [1.807, 2.05) is 12.4 Å². The molecule has 0 bridgehead atoms. The largest absolute Gasteiger partial charge is 0.379 e. The number of ether oxygens (including phenoxy) is 1. The zero-order valence-electron chi connectivity index (χ0n) is 17.2. The van der Waals surface area contributed by atoms with Gasteiger partial charge in [-0.3, -0.25) is 14.9 Å². The van der Waals surface area contributed by atoms with Gasteiger partial charge < -0.3 is 15.4 Å². The van der Waals surface area contributed by atoms with E-state index in [2.05, 4.69) is 54.3 Å². The number of guanidine groups is 1. The Morgan fingerprint density at radius 1 is 1.30 bits per heavy atom. The van der Waals surface area contributed by atoms with Crippen molar-refractivity contribution in [2.45, 2.75) is 40.2 Å². The van der Waals surface area contributed by atoms with Gasteiger partial charge >= 0.3 is 0 Å². The molecule has 0 spiro atoms. The van der Waals surface area contributed by atoms with Gasteiger partial charge in [0.25, 0.3) is 0 Å². The number of rotatable bonds is 8. The minimum absolute atomic E-state index is 0. The summed E-state index contributed by atoms with van der Waals surface area (Å²) in [6.45, 7) is 15.0. The molecule has 6 nitrogen and oxygen atoms in total. The predicted molar refractivity (Wildman–Crippen MR) is 123 cm³/mol.